The number of rotatable bonds is 6. The summed E-state index contributed by atoms with van der Waals surface area (Å²) in [6.07, 6.45) is 10.1. The lowest BCUT2D eigenvalue weighted by molar-refractivity contribution is 0.726. The monoisotopic (exact) mass is 401 g/mol. The van der Waals surface area contributed by atoms with E-state index in [0.29, 0.717) is 22.8 Å². The first kappa shape index (κ1) is 19.5. The molecule has 1 saturated heterocycles. The van der Waals surface area contributed by atoms with E-state index in [1.54, 1.807) is 24.5 Å². The summed E-state index contributed by atoms with van der Waals surface area (Å²) in [4.78, 5) is 20.1. The molecule has 2 aromatic heterocycles. The first-order valence-electron chi connectivity index (χ1n) is 8.99. The number of nitrogens with zero attached hydrogens (tertiary/aromatic N) is 5. The van der Waals surface area contributed by atoms with Gasteiger partial charge in [0, 0.05) is 38.1 Å². The lowest BCUT2D eigenvalue weighted by Crippen LogP contribution is -2.30. The zero-order valence-corrected chi connectivity index (χ0v) is 16.7. The molecule has 1 fully saturated rings. The van der Waals surface area contributed by atoms with Gasteiger partial charge in [-0.1, -0.05) is 18.9 Å². The van der Waals surface area contributed by atoms with Crippen LogP contribution in [-0.2, 0) is 0 Å². The van der Waals surface area contributed by atoms with Crippen molar-refractivity contribution in [3.8, 4) is 0 Å². The Labute approximate surface area is 169 Å². The highest BCUT2D eigenvalue weighted by atomic mass is 32.2. The Balaban J connectivity index is 1.84. The quantitative estimate of drug-likeness (QED) is 0.328. The van der Waals surface area contributed by atoms with Gasteiger partial charge in [0.25, 0.3) is 0 Å². The Morgan fingerprint density at radius 1 is 1.19 bits per heavy atom. The highest BCUT2D eigenvalue weighted by Crippen LogP contribution is 2.27. The molecule has 0 radical (unpaired) electrons. The summed E-state index contributed by atoms with van der Waals surface area (Å²) in [5.41, 5.74) is 0. The van der Waals surface area contributed by atoms with Gasteiger partial charge in [-0.25, -0.2) is 15.0 Å². The van der Waals surface area contributed by atoms with Crippen LogP contribution in [-0.4, -0.2) is 44.7 Å². The smallest absolute Gasteiger partial charge is 0.232 e. The molecule has 1 aliphatic heterocycles. The van der Waals surface area contributed by atoms with Gasteiger partial charge in [-0.2, -0.15) is 4.98 Å². The molecule has 3 rings (SSSR count). The second-order valence-electron chi connectivity index (χ2n) is 6.05. The highest BCUT2D eigenvalue weighted by Gasteiger charge is 2.15. The molecule has 0 aliphatic carbocycles. The van der Waals surface area contributed by atoms with Crippen LogP contribution in [0.15, 0.2) is 47.4 Å². The molecule has 3 heterocycles. The molecule has 0 amide bonds. The third-order valence-corrected chi connectivity index (χ3v) is 5.05. The molecule has 7 nitrogen and oxygen atoms in total. The van der Waals surface area contributed by atoms with E-state index in [1.807, 2.05) is 6.07 Å². The molecule has 142 valence electrons. The van der Waals surface area contributed by atoms with Crippen LogP contribution in [0.5, 0.6) is 0 Å². The van der Waals surface area contributed by atoms with Crippen molar-refractivity contribution in [2.75, 3.05) is 29.9 Å². The van der Waals surface area contributed by atoms with Crippen molar-refractivity contribution in [1.82, 2.24) is 25.3 Å². The zero-order valence-electron chi connectivity index (χ0n) is 15.1. The van der Waals surface area contributed by atoms with Crippen LogP contribution >= 0.6 is 24.0 Å². The summed E-state index contributed by atoms with van der Waals surface area (Å²) >= 11 is 6.71. The molecule has 1 aliphatic rings. The largest absolute Gasteiger partial charge is 0.359 e. The van der Waals surface area contributed by atoms with E-state index in [4.69, 9.17) is 12.2 Å². The number of hydrogen-bond donors (Lipinski definition) is 2. The van der Waals surface area contributed by atoms with Gasteiger partial charge in [-0.3, -0.25) is 0 Å². The van der Waals surface area contributed by atoms with Crippen molar-refractivity contribution < 1.29 is 0 Å². The number of nitrogens with one attached hydrogen (secondary N) is 2. The number of anilines is 2. The van der Waals surface area contributed by atoms with E-state index in [2.05, 4.69) is 42.0 Å². The minimum atomic E-state index is 0.467. The van der Waals surface area contributed by atoms with Gasteiger partial charge in [0.2, 0.25) is 5.95 Å². The second kappa shape index (κ2) is 10.2. The van der Waals surface area contributed by atoms with Gasteiger partial charge in [0.15, 0.2) is 10.3 Å². The van der Waals surface area contributed by atoms with Crippen molar-refractivity contribution in [3.63, 3.8) is 0 Å². The van der Waals surface area contributed by atoms with E-state index in [1.165, 1.54) is 37.4 Å². The Morgan fingerprint density at radius 2 is 1.93 bits per heavy atom. The fourth-order valence-corrected chi connectivity index (χ4v) is 3.61. The molecule has 0 spiro atoms. The molecule has 0 unspecified atom stereocenters. The van der Waals surface area contributed by atoms with E-state index in [9.17, 15) is 0 Å². The predicted molar refractivity (Wildman–Crippen MR) is 113 cm³/mol. The summed E-state index contributed by atoms with van der Waals surface area (Å²) < 4.78 is 0. The van der Waals surface area contributed by atoms with Crippen LogP contribution in [0.1, 0.15) is 25.7 Å². The van der Waals surface area contributed by atoms with Crippen LogP contribution in [0, 0.1) is 0 Å². The van der Waals surface area contributed by atoms with Gasteiger partial charge in [-0.05, 0) is 42.9 Å². The van der Waals surface area contributed by atoms with E-state index >= 15 is 0 Å². The summed E-state index contributed by atoms with van der Waals surface area (Å²) in [6.45, 7) is 6.26. The Morgan fingerprint density at radius 3 is 2.63 bits per heavy atom. The van der Waals surface area contributed by atoms with Gasteiger partial charge < -0.3 is 15.5 Å². The molecule has 0 saturated carbocycles. The maximum Gasteiger partial charge on any atom is 0.232 e. The van der Waals surface area contributed by atoms with E-state index in [0.717, 1.165) is 23.9 Å². The van der Waals surface area contributed by atoms with Gasteiger partial charge >= 0.3 is 0 Å². The second-order valence-corrected chi connectivity index (χ2v) is 7.44. The molecular weight excluding hydrogens is 378 g/mol. The van der Waals surface area contributed by atoms with Gasteiger partial charge in [0.05, 0.1) is 0 Å². The molecular formula is C18H23N7S2. The number of aromatic nitrogens is 4. The lowest BCUT2D eigenvalue weighted by atomic mass is 10.2. The van der Waals surface area contributed by atoms with Crippen molar-refractivity contribution in [2.24, 2.45) is 0 Å². The first-order chi connectivity index (χ1) is 13.2. The summed E-state index contributed by atoms with van der Waals surface area (Å²) in [6, 6.07) is 3.79. The summed E-state index contributed by atoms with van der Waals surface area (Å²) in [7, 11) is 0. The maximum atomic E-state index is 5.30. The molecule has 2 aromatic rings. The first-order valence-corrected chi connectivity index (χ1v) is 10.2. The van der Waals surface area contributed by atoms with Crippen molar-refractivity contribution in [3.05, 3.63) is 37.2 Å². The van der Waals surface area contributed by atoms with Gasteiger partial charge in [0.1, 0.15) is 10.8 Å². The summed E-state index contributed by atoms with van der Waals surface area (Å²) in [5.74, 6) is 1.37. The summed E-state index contributed by atoms with van der Waals surface area (Å²) in [5, 5.41) is 8.00. The Hall–Kier alpha value is -2.26. The minimum absolute atomic E-state index is 0.467. The van der Waals surface area contributed by atoms with Crippen molar-refractivity contribution >= 4 is 40.9 Å². The molecule has 0 bridgehead atoms. The van der Waals surface area contributed by atoms with Crippen LogP contribution < -0.4 is 15.5 Å². The topological polar surface area (TPSA) is 78.9 Å². The molecule has 2 N–H and O–H groups in total. The minimum Gasteiger partial charge on any atom is -0.359 e. The number of hydrogen-bond acceptors (Lipinski definition) is 7. The standard InChI is InChI=1S/C18H23N7S2/c1-2-8-19-17(26)24-16-22-14(25-11-5-3-4-6-12-25)13-15(23-16)27-18-20-9-7-10-21-18/h2,7,9-10,13H,1,3-6,8,11-12H2,(H2,19,22,23,24,26). The molecule has 0 atom stereocenters. The normalized spacial score (nSPS) is 14.3. The lowest BCUT2D eigenvalue weighted by Gasteiger charge is -2.22. The Bertz CT molecular complexity index is 762. The Kier molecular flexibility index (Phi) is 7.35. The number of thiocarbonyl (C=S) groups is 1. The average molecular weight is 402 g/mol. The van der Waals surface area contributed by atoms with Crippen molar-refractivity contribution in [2.45, 2.75) is 35.9 Å². The molecule has 0 aromatic carbocycles. The third-order valence-electron chi connectivity index (χ3n) is 3.99. The van der Waals surface area contributed by atoms with Crippen LogP contribution in [0.4, 0.5) is 11.8 Å². The van der Waals surface area contributed by atoms with Crippen LogP contribution in [0.25, 0.3) is 0 Å². The predicted octanol–water partition coefficient (Wildman–Crippen LogP) is 3.27. The van der Waals surface area contributed by atoms with Crippen LogP contribution in [0.3, 0.4) is 0 Å². The maximum absolute atomic E-state index is 5.30. The van der Waals surface area contributed by atoms with E-state index in [-0.39, 0.29) is 0 Å². The molecule has 9 heteroatoms. The third kappa shape index (κ3) is 6.14. The fourth-order valence-electron chi connectivity index (χ4n) is 2.73. The fraction of sp³-hybridized carbons (Fsp3) is 0.389. The highest BCUT2D eigenvalue weighted by molar-refractivity contribution is 7.99. The zero-order chi connectivity index (χ0) is 18.9. The SMILES string of the molecule is C=CCNC(=S)Nc1nc(Sc2ncccn2)cc(N2CCCCCC2)n1. The van der Waals surface area contributed by atoms with Crippen LogP contribution in [0.2, 0.25) is 0 Å². The van der Waals surface area contributed by atoms with Crippen molar-refractivity contribution in [1.29, 1.82) is 0 Å². The molecule has 27 heavy (non-hydrogen) atoms. The van der Waals surface area contributed by atoms with Gasteiger partial charge in [-0.15, -0.1) is 6.58 Å². The average Bonchev–Trinajstić information content (AvgIpc) is 2.96. The van der Waals surface area contributed by atoms with E-state index < -0.39 is 0 Å².